The Morgan fingerprint density at radius 3 is 2.39 bits per heavy atom. The van der Waals surface area contributed by atoms with Gasteiger partial charge in [0.05, 0.1) is 0 Å². The summed E-state index contributed by atoms with van der Waals surface area (Å²) in [6.45, 7) is 10.8. The third-order valence-electron chi connectivity index (χ3n) is 4.99. The van der Waals surface area contributed by atoms with Crippen molar-refractivity contribution in [3.63, 3.8) is 0 Å². The Morgan fingerprint density at radius 1 is 1.22 bits per heavy atom. The lowest BCUT2D eigenvalue weighted by Gasteiger charge is -2.08. The second-order valence-corrected chi connectivity index (χ2v) is 6.77. The highest BCUT2D eigenvalue weighted by molar-refractivity contribution is 6.31. The van der Waals surface area contributed by atoms with Crippen molar-refractivity contribution < 1.29 is 4.39 Å². The van der Waals surface area contributed by atoms with Gasteiger partial charge in [0.25, 0.3) is 0 Å². The standard InChI is InChI=1S/C15H21ClFN/c1-14(2)13(15(14,3)4)9-18-8-10-7-11(17)5-6-12(10)16/h5-7,13,18H,8-9H2,1-4H3. The fraction of sp³-hybridized carbons (Fsp3) is 0.600. The van der Waals surface area contributed by atoms with Gasteiger partial charge in [0.15, 0.2) is 0 Å². The van der Waals surface area contributed by atoms with Crippen LogP contribution in [0.5, 0.6) is 0 Å². The second-order valence-electron chi connectivity index (χ2n) is 6.36. The van der Waals surface area contributed by atoms with Crippen LogP contribution in [0.4, 0.5) is 4.39 Å². The van der Waals surface area contributed by atoms with Gasteiger partial charge in [-0.25, -0.2) is 4.39 Å². The topological polar surface area (TPSA) is 12.0 Å². The van der Waals surface area contributed by atoms with Crippen LogP contribution in [0.1, 0.15) is 33.3 Å². The third-order valence-corrected chi connectivity index (χ3v) is 5.36. The van der Waals surface area contributed by atoms with Crippen molar-refractivity contribution in [3.05, 3.63) is 34.6 Å². The van der Waals surface area contributed by atoms with E-state index in [2.05, 4.69) is 33.0 Å². The minimum absolute atomic E-state index is 0.233. The van der Waals surface area contributed by atoms with Gasteiger partial charge in [-0.3, -0.25) is 0 Å². The molecular formula is C15H21ClFN. The summed E-state index contributed by atoms with van der Waals surface area (Å²) in [6.07, 6.45) is 0. The van der Waals surface area contributed by atoms with E-state index in [4.69, 9.17) is 11.6 Å². The molecule has 1 aromatic rings. The highest BCUT2D eigenvalue weighted by Gasteiger charge is 2.63. The smallest absolute Gasteiger partial charge is 0.123 e. The van der Waals surface area contributed by atoms with Gasteiger partial charge < -0.3 is 5.32 Å². The Hall–Kier alpha value is -0.600. The van der Waals surface area contributed by atoms with Gasteiger partial charge in [-0.05, 0) is 47.1 Å². The van der Waals surface area contributed by atoms with Crippen LogP contribution in [0.3, 0.4) is 0 Å². The van der Waals surface area contributed by atoms with Crippen LogP contribution in [0, 0.1) is 22.6 Å². The maximum Gasteiger partial charge on any atom is 0.123 e. The highest BCUT2D eigenvalue weighted by atomic mass is 35.5. The molecule has 0 radical (unpaired) electrons. The Balaban J connectivity index is 1.89. The van der Waals surface area contributed by atoms with E-state index in [-0.39, 0.29) is 5.82 Å². The zero-order chi connectivity index (χ0) is 13.6. The number of rotatable bonds is 4. The maximum absolute atomic E-state index is 13.1. The average molecular weight is 270 g/mol. The van der Waals surface area contributed by atoms with E-state index in [0.717, 1.165) is 12.1 Å². The molecule has 3 heteroatoms. The maximum atomic E-state index is 13.1. The molecule has 1 N–H and O–H groups in total. The molecule has 0 amide bonds. The van der Waals surface area contributed by atoms with Crippen LogP contribution < -0.4 is 5.32 Å². The van der Waals surface area contributed by atoms with Gasteiger partial charge in [0.2, 0.25) is 0 Å². The monoisotopic (exact) mass is 269 g/mol. The molecule has 0 bridgehead atoms. The van der Waals surface area contributed by atoms with Gasteiger partial charge in [-0.15, -0.1) is 0 Å². The molecule has 1 nitrogen and oxygen atoms in total. The molecule has 1 aliphatic carbocycles. The molecule has 0 unspecified atom stereocenters. The minimum Gasteiger partial charge on any atom is -0.312 e. The van der Waals surface area contributed by atoms with Crippen molar-refractivity contribution in [2.24, 2.45) is 16.7 Å². The van der Waals surface area contributed by atoms with Gasteiger partial charge in [0.1, 0.15) is 5.82 Å². The van der Waals surface area contributed by atoms with E-state index < -0.39 is 0 Å². The molecule has 1 aliphatic rings. The Bertz CT molecular complexity index is 440. The molecule has 0 aromatic heterocycles. The Kier molecular flexibility index (Phi) is 3.46. The van der Waals surface area contributed by atoms with E-state index in [1.807, 2.05) is 0 Å². The van der Waals surface area contributed by atoms with Crippen molar-refractivity contribution in [1.82, 2.24) is 5.32 Å². The first-order valence-corrected chi connectivity index (χ1v) is 6.79. The summed E-state index contributed by atoms with van der Waals surface area (Å²) >= 11 is 6.03. The summed E-state index contributed by atoms with van der Waals surface area (Å²) in [5.74, 6) is 0.431. The lowest BCUT2D eigenvalue weighted by molar-refractivity contribution is 0.457. The Morgan fingerprint density at radius 2 is 1.83 bits per heavy atom. The lowest BCUT2D eigenvalue weighted by Crippen LogP contribution is -2.19. The quantitative estimate of drug-likeness (QED) is 0.862. The number of hydrogen-bond acceptors (Lipinski definition) is 1. The number of hydrogen-bond donors (Lipinski definition) is 1. The highest BCUT2D eigenvalue weighted by Crippen LogP contribution is 2.67. The first-order valence-electron chi connectivity index (χ1n) is 6.41. The number of benzene rings is 1. The van der Waals surface area contributed by atoms with Crippen LogP contribution >= 0.6 is 11.6 Å². The number of nitrogens with one attached hydrogen (secondary N) is 1. The summed E-state index contributed by atoms with van der Waals surface area (Å²) in [5, 5.41) is 4.02. The summed E-state index contributed by atoms with van der Waals surface area (Å²) < 4.78 is 13.1. The molecule has 0 spiro atoms. The predicted octanol–water partition coefficient (Wildman–Crippen LogP) is 4.25. The van der Waals surface area contributed by atoms with Crippen LogP contribution in [0.15, 0.2) is 18.2 Å². The Labute approximate surface area is 114 Å². The van der Waals surface area contributed by atoms with E-state index in [1.54, 1.807) is 6.07 Å². The molecule has 0 heterocycles. The molecule has 0 atom stereocenters. The fourth-order valence-electron chi connectivity index (χ4n) is 2.87. The molecule has 2 rings (SSSR count). The molecule has 100 valence electrons. The van der Waals surface area contributed by atoms with Crippen molar-refractivity contribution >= 4 is 11.6 Å². The van der Waals surface area contributed by atoms with Crippen LogP contribution in [-0.2, 0) is 6.54 Å². The molecule has 1 fully saturated rings. The number of halogens is 2. The largest absolute Gasteiger partial charge is 0.312 e. The molecule has 0 saturated heterocycles. The predicted molar refractivity (Wildman–Crippen MR) is 74.2 cm³/mol. The van der Waals surface area contributed by atoms with Gasteiger partial charge in [-0.2, -0.15) is 0 Å². The van der Waals surface area contributed by atoms with E-state index in [1.165, 1.54) is 12.1 Å². The molecule has 1 aromatic carbocycles. The van der Waals surface area contributed by atoms with Crippen LogP contribution in [-0.4, -0.2) is 6.54 Å². The zero-order valence-corrected chi connectivity index (χ0v) is 12.2. The summed E-state index contributed by atoms with van der Waals surface area (Å²) in [6, 6.07) is 4.50. The van der Waals surface area contributed by atoms with Crippen molar-refractivity contribution in [2.75, 3.05) is 6.54 Å². The fourth-order valence-corrected chi connectivity index (χ4v) is 3.06. The molecule has 1 saturated carbocycles. The van der Waals surface area contributed by atoms with E-state index >= 15 is 0 Å². The first kappa shape index (κ1) is 13.8. The van der Waals surface area contributed by atoms with Crippen molar-refractivity contribution in [2.45, 2.75) is 34.2 Å². The van der Waals surface area contributed by atoms with Crippen LogP contribution in [0.2, 0.25) is 5.02 Å². The molecule has 0 aliphatic heterocycles. The zero-order valence-electron chi connectivity index (χ0n) is 11.5. The summed E-state index contributed by atoms with van der Waals surface area (Å²) in [5.41, 5.74) is 1.59. The summed E-state index contributed by atoms with van der Waals surface area (Å²) in [4.78, 5) is 0. The molecular weight excluding hydrogens is 249 g/mol. The normalized spacial score (nSPS) is 21.0. The van der Waals surface area contributed by atoms with E-state index in [0.29, 0.717) is 28.3 Å². The minimum atomic E-state index is -0.233. The van der Waals surface area contributed by atoms with Crippen LogP contribution in [0.25, 0.3) is 0 Å². The van der Waals surface area contributed by atoms with Gasteiger partial charge in [0, 0.05) is 11.6 Å². The van der Waals surface area contributed by atoms with Gasteiger partial charge in [-0.1, -0.05) is 39.3 Å². The van der Waals surface area contributed by atoms with Crippen molar-refractivity contribution in [3.8, 4) is 0 Å². The summed E-state index contributed by atoms with van der Waals surface area (Å²) in [7, 11) is 0. The lowest BCUT2D eigenvalue weighted by atomic mass is 10.0. The van der Waals surface area contributed by atoms with Crippen molar-refractivity contribution in [1.29, 1.82) is 0 Å². The SMILES string of the molecule is CC1(C)C(CNCc2cc(F)ccc2Cl)C1(C)C. The van der Waals surface area contributed by atoms with E-state index in [9.17, 15) is 4.39 Å². The molecule has 18 heavy (non-hydrogen) atoms. The first-order chi connectivity index (χ1) is 8.26. The second kappa shape index (κ2) is 4.50. The van der Waals surface area contributed by atoms with Gasteiger partial charge >= 0.3 is 0 Å². The average Bonchev–Trinajstić information content (AvgIpc) is 2.65. The third kappa shape index (κ3) is 2.28.